The van der Waals surface area contributed by atoms with E-state index in [0.29, 0.717) is 23.8 Å². The Morgan fingerprint density at radius 1 is 1.21 bits per heavy atom. The van der Waals surface area contributed by atoms with Gasteiger partial charge in [0.1, 0.15) is 13.2 Å². The molecular formula is C20H23N3O4S. The molecule has 3 rings (SSSR count). The van der Waals surface area contributed by atoms with Gasteiger partial charge in [-0.25, -0.2) is 4.98 Å². The Bertz CT molecular complexity index is 837. The molecule has 0 N–H and O–H groups in total. The molecule has 2 aromatic rings. The number of carbonyl (C=O) groups is 3. The van der Waals surface area contributed by atoms with Crippen LogP contribution in [0.4, 0.5) is 10.8 Å². The van der Waals surface area contributed by atoms with E-state index in [1.54, 1.807) is 10.3 Å². The van der Waals surface area contributed by atoms with E-state index in [1.165, 1.54) is 23.2 Å². The number of aromatic nitrogens is 1. The first-order chi connectivity index (χ1) is 13.5. The topological polar surface area (TPSA) is 79.8 Å². The number of thiazole rings is 1. The van der Waals surface area contributed by atoms with Crippen molar-refractivity contribution >= 4 is 39.9 Å². The average molecular weight is 401 g/mol. The number of carbonyl (C=O) groups excluding carboxylic acids is 3. The highest BCUT2D eigenvalue weighted by atomic mass is 32.1. The molecule has 0 bridgehead atoms. The fourth-order valence-corrected chi connectivity index (χ4v) is 3.90. The molecule has 0 radical (unpaired) electrons. The summed E-state index contributed by atoms with van der Waals surface area (Å²) < 4.78 is 5.29. The van der Waals surface area contributed by atoms with E-state index in [0.717, 1.165) is 24.9 Å². The molecule has 0 spiro atoms. The number of esters is 1. The lowest BCUT2D eigenvalue weighted by molar-refractivity contribution is -0.150. The molecule has 2 amide bonds. The van der Waals surface area contributed by atoms with Gasteiger partial charge in [-0.3, -0.25) is 19.3 Å². The maximum atomic E-state index is 12.1. The van der Waals surface area contributed by atoms with Gasteiger partial charge in [-0.2, -0.15) is 0 Å². The third-order valence-corrected chi connectivity index (χ3v) is 5.31. The number of hydrogen-bond acceptors (Lipinski definition) is 6. The normalized spacial score (nSPS) is 14.5. The van der Waals surface area contributed by atoms with Gasteiger partial charge >= 0.3 is 5.97 Å². The van der Waals surface area contributed by atoms with Gasteiger partial charge in [0.2, 0.25) is 11.8 Å². The van der Waals surface area contributed by atoms with E-state index >= 15 is 0 Å². The third kappa shape index (κ3) is 5.16. The Hall–Kier alpha value is -2.74. The number of amides is 2. The molecule has 0 saturated carbocycles. The summed E-state index contributed by atoms with van der Waals surface area (Å²) in [4.78, 5) is 43.7. The lowest BCUT2D eigenvalue weighted by atomic mass is 10.2. The summed E-state index contributed by atoms with van der Waals surface area (Å²) in [5.74, 6) is -0.592. The molecule has 148 valence electrons. The summed E-state index contributed by atoms with van der Waals surface area (Å²) in [5.41, 5.74) is 1.30. The SMILES string of the molecule is CC(=O)N(c1ccccc1)c1nc(COC(=O)CN2CCCCCC2=O)cs1. The van der Waals surface area contributed by atoms with Crippen molar-refractivity contribution in [1.82, 2.24) is 9.88 Å². The maximum Gasteiger partial charge on any atom is 0.326 e. The van der Waals surface area contributed by atoms with Crippen LogP contribution in [0.1, 0.15) is 38.3 Å². The Kier molecular flexibility index (Phi) is 6.76. The molecule has 1 saturated heterocycles. The largest absolute Gasteiger partial charge is 0.458 e. The van der Waals surface area contributed by atoms with Gasteiger partial charge in [0.15, 0.2) is 5.13 Å². The number of para-hydroxylation sites is 1. The molecule has 1 fully saturated rings. The zero-order chi connectivity index (χ0) is 19.9. The number of nitrogens with zero attached hydrogens (tertiary/aromatic N) is 3. The fourth-order valence-electron chi connectivity index (χ4n) is 3.03. The predicted molar refractivity (Wildman–Crippen MR) is 106 cm³/mol. The van der Waals surface area contributed by atoms with E-state index in [9.17, 15) is 14.4 Å². The molecular weight excluding hydrogens is 378 g/mol. The van der Waals surface area contributed by atoms with Crippen molar-refractivity contribution in [2.24, 2.45) is 0 Å². The summed E-state index contributed by atoms with van der Waals surface area (Å²) >= 11 is 1.31. The summed E-state index contributed by atoms with van der Waals surface area (Å²) in [5, 5.41) is 2.28. The molecule has 2 heterocycles. The van der Waals surface area contributed by atoms with Crippen LogP contribution < -0.4 is 4.90 Å². The highest BCUT2D eigenvalue weighted by molar-refractivity contribution is 7.14. The van der Waals surface area contributed by atoms with Gasteiger partial charge in [0.05, 0.1) is 11.4 Å². The van der Waals surface area contributed by atoms with Gasteiger partial charge in [-0.05, 0) is 25.0 Å². The van der Waals surface area contributed by atoms with Gasteiger partial charge in [-0.1, -0.05) is 24.6 Å². The highest BCUT2D eigenvalue weighted by Gasteiger charge is 2.21. The quantitative estimate of drug-likeness (QED) is 0.694. The highest BCUT2D eigenvalue weighted by Crippen LogP contribution is 2.28. The van der Waals surface area contributed by atoms with Gasteiger partial charge < -0.3 is 9.64 Å². The van der Waals surface area contributed by atoms with Gasteiger partial charge in [0, 0.05) is 25.3 Å². The van der Waals surface area contributed by atoms with E-state index in [2.05, 4.69) is 4.98 Å². The van der Waals surface area contributed by atoms with Gasteiger partial charge in [-0.15, -0.1) is 11.3 Å². The van der Waals surface area contributed by atoms with Crippen LogP contribution in [0, 0.1) is 0 Å². The second-order valence-corrected chi connectivity index (χ2v) is 7.43. The van der Waals surface area contributed by atoms with Crippen molar-refractivity contribution in [3.8, 4) is 0 Å². The Morgan fingerprint density at radius 2 is 2.00 bits per heavy atom. The van der Waals surface area contributed by atoms with Crippen molar-refractivity contribution in [3.05, 3.63) is 41.4 Å². The van der Waals surface area contributed by atoms with Crippen LogP contribution in [0.25, 0.3) is 0 Å². The van der Waals surface area contributed by atoms with Crippen molar-refractivity contribution in [2.45, 2.75) is 39.2 Å². The summed E-state index contributed by atoms with van der Waals surface area (Å²) in [6.07, 6.45) is 3.28. The van der Waals surface area contributed by atoms with E-state index in [4.69, 9.17) is 4.74 Å². The molecule has 0 aliphatic carbocycles. The molecule has 28 heavy (non-hydrogen) atoms. The van der Waals surface area contributed by atoms with Crippen LogP contribution in [-0.2, 0) is 25.7 Å². The molecule has 1 aromatic heterocycles. The van der Waals surface area contributed by atoms with Gasteiger partial charge in [0.25, 0.3) is 0 Å². The van der Waals surface area contributed by atoms with Crippen molar-refractivity contribution in [3.63, 3.8) is 0 Å². The lowest BCUT2D eigenvalue weighted by Crippen LogP contribution is -2.35. The minimum absolute atomic E-state index is 0.00496. The molecule has 0 unspecified atom stereocenters. The van der Waals surface area contributed by atoms with Crippen molar-refractivity contribution < 1.29 is 19.1 Å². The van der Waals surface area contributed by atoms with E-state index < -0.39 is 5.97 Å². The fraction of sp³-hybridized carbons (Fsp3) is 0.400. The Balaban J connectivity index is 1.59. The predicted octanol–water partition coefficient (Wildman–Crippen LogP) is 3.27. The molecule has 8 heteroatoms. The third-order valence-electron chi connectivity index (χ3n) is 4.43. The molecule has 1 aliphatic heterocycles. The van der Waals surface area contributed by atoms with Crippen LogP contribution in [-0.4, -0.2) is 40.8 Å². The number of benzene rings is 1. The standard InChI is InChI=1S/C20H23N3O4S/c1-15(24)23(17-8-4-2-5-9-17)20-21-16(14-28-20)13-27-19(26)12-22-11-7-3-6-10-18(22)25/h2,4-5,8-9,14H,3,6-7,10-13H2,1H3. The summed E-state index contributed by atoms with van der Waals surface area (Å²) in [6, 6.07) is 9.25. The van der Waals surface area contributed by atoms with Crippen LogP contribution >= 0.6 is 11.3 Å². The molecule has 0 atom stereocenters. The zero-order valence-electron chi connectivity index (χ0n) is 15.8. The van der Waals surface area contributed by atoms with Crippen LogP contribution in [0.3, 0.4) is 0 Å². The smallest absolute Gasteiger partial charge is 0.326 e. The van der Waals surface area contributed by atoms with Crippen LogP contribution in [0.15, 0.2) is 35.7 Å². The van der Waals surface area contributed by atoms with Crippen molar-refractivity contribution in [1.29, 1.82) is 0 Å². The number of rotatable bonds is 6. The molecule has 1 aliphatic rings. The second-order valence-electron chi connectivity index (χ2n) is 6.60. The number of hydrogen-bond donors (Lipinski definition) is 0. The zero-order valence-corrected chi connectivity index (χ0v) is 16.6. The molecule has 1 aromatic carbocycles. The summed E-state index contributed by atoms with van der Waals surface area (Å²) in [7, 11) is 0. The minimum Gasteiger partial charge on any atom is -0.458 e. The average Bonchev–Trinajstić information content (AvgIpc) is 3.04. The minimum atomic E-state index is -0.448. The van der Waals surface area contributed by atoms with Crippen molar-refractivity contribution in [2.75, 3.05) is 18.0 Å². The Labute approximate surface area is 167 Å². The number of ether oxygens (including phenoxy) is 1. The first-order valence-corrected chi connectivity index (χ1v) is 10.2. The lowest BCUT2D eigenvalue weighted by Gasteiger charge is -2.19. The first-order valence-electron chi connectivity index (χ1n) is 9.28. The maximum absolute atomic E-state index is 12.1. The molecule has 7 nitrogen and oxygen atoms in total. The monoisotopic (exact) mass is 401 g/mol. The number of likely N-dealkylation sites (tertiary alicyclic amines) is 1. The van der Waals surface area contributed by atoms with E-state index in [-0.39, 0.29) is 25.0 Å². The Morgan fingerprint density at radius 3 is 2.75 bits per heavy atom. The van der Waals surface area contributed by atoms with E-state index in [1.807, 2.05) is 30.3 Å². The number of anilines is 2. The first kappa shape index (κ1) is 20.0. The van der Waals surface area contributed by atoms with Crippen LogP contribution in [0.5, 0.6) is 0 Å². The summed E-state index contributed by atoms with van der Waals surface area (Å²) in [6.45, 7) is 2.06. The second kappa shape index (κ2) is 9.45. The van der Waals surface area contributed by atoms with Crippen LogP contribution in [0.2, 0.25) is 0 Å².